The van der Waals surface area contributed by atoms with Gasteiger partial charge in [0.2, 0.25) is 5.91 Å². The summed E-state index contributed by atoms with van der Waals surface area (Å²) >= 11 is 0. The number of carbonyl (C=O) groups excluding carboxylic acids is 2. The molecule has 1 aliphatic rings. The van der Waals surface area contributed by atoms with Gasteiger partial charge in [0.1, 0.15) is 5.60 Å². The lowest BCUT2D eigenvalue weighted by molar-refractivity contribution is -0.152. The molecule has 0 unspecified atom stereocenters. The van der Waals surface area contributed by atoms with Crippen molar-refractivity contribution in [2.75, 3.05) is 13.1 Å². The molecule has 134 valence electrons. The molecule has 1 saturated heterocycles. The molecule has 2 heterocycles. The van der Waals surface area contributed by atoms with Gasteiger partial charge in [-0.3, -0.25) is 9.48 Å². The van der Waals surface area contributed by atoms with Gasteiger partial charge in [-0.1, -0.05) is 13.8 Å². The van der Waals surface area contributed by atoms with E-state index < -0.39 is 11.7 Å². The fourth-order valence-electron chi connectivity index (χ4n) is 3.10. The number of hydrogen-bond donors (Lipinski definition) is 1. The summed E-state index contributed by atoms with van der Waals surface area (Å²) in [4.78, 5) is 25.9. The van der Waals surface area contributed by atoms with Crippen molar-refractivity contribution in [2.24, 2.45) is 12.5 Å². The molecule has 1 aliphatic heterocycles. The fraction of sp³-hybridized carbons (Fsp3) is 0.706. The maximum absolute atomic E-state index is 12.5. The van der Waals surface area contributed by atoms with Crippen LogP contribution in [-0.4, -0.2) is 45.4 Å². The fourth-order valence-corrected chi connectivity index (χ4v) is 3.10. The van der Waals surface area contributed by atoms with Crippen LogP contribution in [0.25, 0.3) is 0 Å². The quantitative estimate of drug-likeness (QED) is 0.915. The molecule has 0 saturated carbocycles. The lowest BCUT2D eigenvalue weighted by Gasteiger charge is -2.54. The maximum atomic E-state index is 12.5. The van der Waals surface area contributed by atoms with Crippen LogP contribution in [-0.2, 0) is 16.6 Å². The van der Waals surface area contributed by atoms with E-state index in [1.165, 1.54) is 0 Å². The van der Waals surface area contributed by atoms with Crippen molar-refractivity contribution in [3.05, 3.63) is 18.0 Å². The second-order valence-corrected chi connectivity index (χ2v) is 8.04. The van der Waals surface area contributed by atoms with Gasteiger partial charge in [0.15, 0.2) is 0 Å². The number of hydrogen-bond acceptors (Lipinski definition) is 4. The molecule has 1 aromatic heterocycles. The van der Waals surface area contributed by atoms with E-state index in [1.807, 2.05) is 24.3 Å². The zero-order valence-corrected chi connectivity index (χ0v) is 15.4. The standard InChI is InChI=1S/C17H28N4O3/c1-16(2,3)24-15(23)18-8-7-13(22)21-11-17(4,5)14(21)12-9-19-20(6)10-12/h9-10,14H,7-8,11H2,1-6H3,(H,18,23)/t14-/m0/s1. The molecule has 1 N–H and O–H groups in total. The number of aromatic nitrogens is 2. The maximum Gasteiger partial charge on any atom is 0.407 e. The summed E-state index contributed by atoms with van der Waals surface area (Å²) in [5.74, 6) is 0.0271. The van der Waals surface area contributed by atoms with Crippen LogP contribution in [0.1, 0.15) is 52.6 Å². The molecule has 2 amide bonds. The Labute approximate surface area is 143 Å². The van der Waals surface area contributed by atoms with E-state index in [9.17, 15) is 9.59 Å². The minimum absolute atomic E-state index is 0.0251. The molecular formula is C17H28N4O3. The third-order valence-electron chi connectivity index (χ3n) is 4.00. The van der Waals surface area contributed by atoms with Crippen LogP contribution >= 0.6 is 0 Å². The van der Waals surface area contributed by atoms with Crippen LogP contribution in [0.3, 0.4) is 0 Å². The number of ether oxygens (including phenoxy) is 1. The van der Waals surface area contributed by atoms with Crippen LogP contribution in [0.15, 0.2) is 12.4 Å². The van der Waals surface area contributed by atoms with Crippen molar-refractivity contribution in [3.63, 3.8) is 0 Å². The summed E-state index contributed by atoms with van der Waals surface area (Å²) in [6.07, 6.45) is 3.52. The minimum Gasteiger partial charge on any atom is -0.444 e. The Bertz CT molecular complexity index is 616. The molecule has 0 radical (unpaired) electrons. The molecule has 0 spiro atoms. The number of likely N-dealkylation sites (tertiary alicyclic amines) is 1. The third kappa shape index (κ3) is 4.27. The molecule has 1 aromatic rings. The molecule has 0 bridgehead atoms. The third-order valence-corrected chi connectivity index (χ3v) is 4.00. The number of carbonyl (C=O) groups is 2. The number of nitrogens with zero attached hydrogens (tertiary/aromatic N) is 3. The zero-order valence-electron chi connectivity index (χ0n) is 15.4. The number of rotatable bonds is 4. The molecule has 1 fully saturated rings. The van der Waals surface area contributed by atoms with Gasteiger partial charge in [0.05, 0.1) is 12.2 Å². The molecule has 1 atom stereocenters. The minimum atomic E-state index is -0.541. The van der Waals surface area contributed by atoms with Gasteiger partial charge in [-0.05, 0) is 20.8 Å². The number of alkyl carbamates (subject to hydrolysis) is 1. The molecule has 24 heavy (non-hydrogen) atoms. The molecule has 0 aromatic carbocycles. The highest BCUT2D eigenvalue weighted by Crippen LogP contribution is 2.48. The number of amides is 2. The largest absolute Gasteiger partial charge is 0.444 e. The first-order chi connectivity index (χ1) is 11.0. The van der Waals surface area contributed by atoms with E-state index in [0.717, 1.165) is 5.56 Å². The highest BCUT2D eigenvalue weighted by Gasteiger charge is 2.48. The molecule has 7 heteroatoms. The molecule has 7 nitrogen and oxygen atoms in total. The normalized spacial score (nSPS) is 19.6. The van der Waals surface area contributed by atoms with E-state index in [1.54, 1.807) is 25.5 Å². The number of nitrogens with one attached hydrogen (secondary N) is 1. The summed E-state index contributed by atoms with van der Waals surface area (Å²) in [6.45, 7) is 10.7. The Hall–Kier alpha value is -2.05. The van der Waals surface area contributed by atoms with Crippen molar-refractivity contribution in [3.8, 4) is 0 Å². The lowest BCUT2D eigenvalue weighted by atomic mass is 9.72. The summed E-state index contributed by atoms with van der Waals surface area (Å²) < 4.78 is 6.91. The van der Waals surface area contributed by atoms with Crippen LogP contribution in [0.2, 0.25) is 0 Å². The van der Waals surface area contributed by atoms with Gasteiger partial charge < -0.3 is 15.0 Å². The van der Waals surface area contributed by atoms with Crippen molar-refractivity contribution in [1.29, 1.82) is 0 Å². The van der Waals surface area contributed by atoms with Crippen molar-refractivity contribution < 1.29 is 14.3 Å². The average molecular weight is 336 g/mol. The van der Waals surface area contributed by atoms with Gasteiger partial charge in [-0.2, -0.15) is 5.10 Å². The van der Waals surface area contributed by atoms with E-state index in [-0.39, 0.29) is 30.3 Å². The highest BCUT2D eigenvalue weighted by atomic mass is 16.6. The van der Waals surface area contributed by atoms with Gasteiger partial charge in [0.25, 0.3) is 0 Å². The van der Waals surface area contributed by atoms with Crippen LogP contribution in [0.4, 0.5) is 4.79 Å². The lowest BCUT2D eigenvalue weighted by Crippen LogP contribution is -2.58. The second kappa shape index (κ2) is 6.45. The molecule has 0 aliphatic carbocycles. The van der Waals surface area contributed by atoms with E-state index >= 15 is 0 Å². The van der Waals surface area contributed by atoms with Crippen molar-refractivity contribution >= 4 is 12.0 Å². The Morgan fingerprint density at radius 2 is 2.08 bits per heavy atom. The Morgan fingerprint density at radius 1 is 1.42 bits per heavy atom. The van der Waals surface area contributed by atoms with E-state index in [0.29, 0.717) is 6.54 Å². The average Bonchev–Trinajstić information content (AvgIpc) is 2.79. The number of aryl methyl sites for hydroxylation is 1. The van der Waals surface area contributed by atoms with E-state index in [2.05, 4.69) is 24.3 Å². The SMILES string of the molecule is Cn1cc([C@@H]2N(C(=O)CCNC(=O)OC(C)(C)C)CC2(C)C)cn1. The Morgan fingerprint density at radius 3 is 2.58 bits per heavy atom. The summed E-state index contributed by atoms with van der Waals surface area (Å²) in [5.41, 5.74) is 0.528. The molecule has 2 rings (SSSR count). The van der Waals surface area contributed by atoms with Gasteiger partial charge in [0, 0.05) is 43.7 Å². The first-order valence-electron chi connectivity index (χ1n) is 8.24. The molecular weight excluding hydrogens is 308 g/mol. The summed E-state index contributed by atoms with van der Waals surface area (Å²) in [7, 11) is 1.87. The summed E-state index contributed by atoms with van der Waals surface area (Å²) in [5, 5.41) is 6.83. The van der Waals surface area contributed by atoms with Crippen LogP contribution in [0, 0.1) is 5.41 Å². The van der Waals surface area contributed by atoms with E-state index in [4.69, 9.17) is 4.74 Å². The smallest absolute Gasteiger partial charge is 0.407 e. The van der Waals surface area contributed by atoms with Gasteiger partial charge in [-0.25, -0.2) is 4.79 Å². The monoisotopic (exact) mass is 336 g/mol. The highest BCUT2D eigenvalue weighted by molar-refractivity contribution is 5.79. The predicted molar refractivity (Wildman–Crippen MR) is 90.3 cm³/mol. The summed E-state index contributed by atoms with van der Waals surface area (Å²) in [6, 6.07) is 0.0280. The first-order valence-corrected chi connectivity index (χ1v) is 8.24. The van der Waals surface area contributed by atoms with Gasteiger partial charge >= 0.3 is 6.09 Å². The second-order valence-electron chi connectivity index (χ2n) is 8.04. The van der Waals surface area contributed by atoms with Crippen LogP contribution < -0.4 is 5.32 Å². The van der Waals surface area contributed by atoms with Gasteiger partial charge in [-0.15, -0.1) is 0 Å². The predicted octanol–water partition coefficient (Wildman–Crippen LogP) is 2.24. The first kappa shape index (κ1) is 18.3. The van der Waals surface area contributed by atoms with Crippen molar-refractivity contribution in [2.45, 2.75) is 52.7 Å². The Kier molecular flexibility index (Phi) is 4.92. The Balaban J connectivity index is 1.87. The van der Waals surface area contributed by atoms with Crippen LogP contribution in [0.5, 0.6) is 0 Å². The topological polar surface area (TPSA) is 76.5 Å². The zero-order chi connectivity index (χ0) is 18.1. The van der Waals surface area contributed by atoms with Crippen molar-refractivity contribution in [1.82, 2.24) is 20.0 Å².